The van der Waals surface area contributed by atoms with E-state index >= 15 is 0 Å². The minimum Gasteiger partial charge on any atom is -0.337 e. The molecule has 0 spiro atoms. The van der Waals surface area contributed by atoms with Crippen LogP contribution in [0.25, 0.3) is 10.2 Å². The van der Waals surface area contributed by atoms with Gasteiger partial charge in [-0.2, -0.15) is 0 Å². The Bertz CT molecular complexity index is 800. The van der Waals surface area contributed by atoms with Gasteiger partial charge in [0.05, 0.1) is 21.0 Å². The fraction of sp³-hybridized carbons (Fsp3) is 0.125. The van der Waals surface area contributed by atoms with Crippen molar-refractivity contribution < 1.29 is 9.00 Å². The molecule has 2 aromatic carbocycles. The summed E-state index contributed by atoms with van der Waals surface area (Å²) in [6.07, 6.45) is 0. The molecular weight excluding hydrogens is 330 g/mol. The van der Waals surface area contributed by atoms with Crippen LogP contribution in [0.5, 0.6) is 0 Å². The Morgan fingerprint density at radius 3 is 2.61 bits per heavy atom. The van der Waals surface area contributed by atoms with Crippen molar-refractivity contribution in [3.63, 3.8) is 0 Å². The molecule has 0 radical (unpaired) electrons. The fourth-order valence-electron chi connectivity index (χ4n) is 2.01. The van der Waals surface area contributed by atoms with Crippen molar-refractivity contribution in [2.75, 3.05) is 17.6 Å². The minimum atomic E-state index is -1.11. The van der Waals surface area contributed by atoms with Gasteiger partial charge in [0.15, 0.2) is 5.13 Å². The lowest BCUT2D eigenvalue weighted by molar-refractivity contribution is 0.252. The number of amides is 2. The van der Waals surface area contributed by atoms with Crippen molar-refractivity contribution in [1.82, 2.24) is 10.3 Å². The van der Waals surface area contributed by atoms with E-state index in [-0.39, 0.29) is 6.03 Å². The van der Waals surface area contributed by atoms with Crippen LogP contribution in [0.3, 0.4) is 0 Å². The number of rotatable bonds is 5. The van der Waals surface area contributed by atoms with E-state index in [2.05, 4.69) is 15.6 Å². The summed E-state index contributed by atoms with van der Waals surface area (Å²) in [6, 6.07) is 16.6. The lowest BCUT2D eigenvalue weighted by atomic mass is 10.3. The Labute approximate surface area is 140 Å². The monoisotopic (exact) mass is 345 g/mol. The molecule has 3 aromatic rings. The molecular formula is C16H15N3O2S2. The van der Waals surface area contributed by atoms with Crippen molar-refractivity contribution in [3.8, 4) is 0 Å². The molecule has 0 saturated carbocycles. The molecule has 5 nitrogen and oxygen atoms in total. The van der Waals surface area contributed by atoms with Gasteiger partial charge in [-0.25, -0.2) is 9.78 Å². The summed E-state index contributed by atoms with van der Waals surface area (Å²) in [5, 5.41) is 5.95. The third-order valence-corrected chi connectivity index (χ3v) is 5.42. The Balaban J connectivity index is 1.49. The highest BCUT2D eigenvalue weighted by atomic mass is 32.2. The summed E-state index contributed by atoms with van der Waals surface area (Å²) in [5.41, 5.74) is 0.859. The van der Waals surface area contributed by atoms with Crippen molar-refractivity contribution in [1.29, 1.82) is 0 Å². The maximum atomic E-state index is 12.0. The number of thiazole rings is 1. The van der Waals surface area contributed by atoms with Gasteiger partial charge in [-0.15, -0.1) is 0 Å². The second kappa shape index (κ2) is 7.34. The van der Waals surface area contributed by atoms with Crippen molar-refractivity contribution in [2.45, 2.75) is 4.90 Å². The quantitative estimate of drug-likeness (QED) is 0.746. The molecule has 0 bridgehead atoms. The number of hydrogen-bond donors (Lipinski definition) is 2. The molecule has 0 aliphatic rings. The Morgan fingerprint density at radius 1 is 1.09 bits per heavy atom. The van der Waals surface area contributed by atoms with Crippen LogP contribution < -0.4 is 10.6 Å². The van der Waals surface area contributed by atoms with Crippen molar-refractivity contribution >= 4 is 43.5 Å². The summed E-state index contributed by atoms with van der Waals surface area (Å²) in [5.74, 6) is 0.372. The molecule has 23 heavy (non-hydrogen) atoms. The first kappa shape index (κ1) is 15.6. The smallest absolute Gasteiger partial charge is 0.321 e. The number of nitrogens with zero attached hydrogens (tertiary/aromatic N) is 1. The molecule has 0 fully saturated rings. The zero-order chi connectivity index (χ0) is 16.1. The van der Waals surface area contributed by atoms with Crippen LogP contribution in [-0.4, -0.2) is 27.5 Å². The maximum absolute atomic E-state index is 12.0. The van der Waals surface area contributed by atoms with E-state index in [4.69, 9.17) is 0 Å². The number of carbonyl (C=O) groups is 1. The topological polar surface area (TPSA) is 71.1 Å². The zero-order valence-electron chi connectivity index (χ0n) is 12.2. The van der Waals surface area contributed by atoms with Crippen LogP contribution in [0.2, 0.25) is 0 Å². The number of carbonyl (C=O) groups excluding carboxylic acids is 1. The van der Waals surface area contributed by atoms with Gasteiger partial charge in [0.1, 0.15) is 0 Å². The van der Waals surface area contributed by atoms with Crippen LogP contribution in [0.4, 0.5) is 9.93 Å². The standard InChI is InChI=1S/C16H15N3O2S2/c20-15(17-10-11-23(21)12-6-2-1-3-7-12)19-16-18-13-8-4-5-9-14(13)22-16/h1-9H,10-11H2,(H2,17,18,19,20)/t23-/m0/s1. The third kappa shape index (κ3) is 4.14. The van der Waals surface area contributed by atoms with Gasteiger partial charge in [0.2, 0.25) is 0 Å². The van der Waals surface area contributed by atoms with Crippen LogP contribution in [0.15, 0.2) is 59.5 Å². The Hall–Kier alpha value is -2.25. The summed E-state index contributed by atoms with van der Waals surface area (Å²) in [6.45, 7) is 0.332. The molecule has 0 saturated heterocycles. The summed E-state index contributed by atoms with van der Waals surface area (Å²) >= 11 is 1.42. The van der Waals surface area contributed by atoms with Gasteiger partial charge in [-0.1, -0.05) is 41.7 Å². The highest BCUT2D eigenvalue weighted by molar-refractivity contribution is 7.85. The highest BCUT2D eigenvalue weighted by Crippen LogP contribution is 2.25. The molecule has 1 atom stereocenters. The predicted octanol–water partition coefficient (Wildman–Crippen LogP) is 3.23. The number of nitrogens with one attached hydrogen (secondary N) is 2. The highest BCUT2D eigenvalue weighted by Gasteiger charge is 2.08. The van der Waals surface area contributed by atoms with Gasteiger partial charge in [0, 0.05) is 17.2 Å². The zero-order valence-corrected chi connectivity index (χ0v) is 13.8. The molecule has 0 unspecified atom stereocenters. The van der Waals surface area contributed by atoms with Gasteiger partial charge < -0.3 is 5.32 Å². The molecule has 1 aromatic heterocycles. The Morgan fingerprint density at radius 2 is 1.83 bits per heavy atom. The molecule has 3 rings (SSSR count). The third-order valence-electron chi connectivity index (χ3n) is 3.09. The predicted molar refractivity (Wildman–Crippen MR) is 94.4 cm³/mol. The van der Waals surface area contributed by atoms with Crippen LogP contribution >= 0.6 is 11.3 Å². The second-order valence-corrected chi connectivity index (χ2v) is 7.33. The average Bonchev–Trinajstić information content (AvgIpc) is 2.97. The first-order valence-corrected chi connectivity index (χ1v) is 9.20. The first-order chi connectivity index (χ1) is 11.2. The molecule has 118 valence electrons. The minimum absolute atomic E-state index is 0.332. The number of para-hydroxylation sites is 1. The molecule has 2 N–H and O–H groups in total. The van der Waals surface area contributed by atoms with Gasteiger partial charge in [-0.3, -0.25) is 9.53 Å². The molecule has 0 aliphatic heterocycles. The second-order valence-electron chi connectivity index (χ2n) is 4.73. The molecule has 7 heteroatoms. The van der Waals surface area contributed by atoms with Crippen molar-refractivity contribution in [3.05, 3.63) is 54.6 Å². The van der Waals surface area contributed by atoms with Crippen LogP contribution in [-0.2, 0) is 10.8 Å². The van der Waals surface area contributed by atoms with E-state index < -0.39 is 10.8 Å². The SMILES string of the molecule is O=C(NCC[S@](=O)c1ccccc1)Nc1nc2ccccc2s1. The van der Waals surface area contributed by atoms with E-state index in [0.717, 1.165) is 15.1 Å². The normalized spacial score (nSPS) is 12.0. The van der Waals surface area contributed by atoms with E-state index in [0.29, 0.717) is 17.4 Å². The number of hydrogen-bond acceptors (Lipinski definition) is 4. The summed E-state index contributed by atoms with van der Waals surface area (Å²) < 4.78 is 13.1. The number of aromatic nitrogens is 1. The van der Waals surface area contributed by atoms with Gasteiger partial charge in [0.25, 0.3) is 0 Å². The largest absolute Gasteiger partial charge is 0.337 e. The van der Waals surface area contributed by atoms with Crippen LogP contribution in [0.1, 0.15) is 0 Å². The molecule has 2 amide bonds. The number of urea groups is 1. The lowest BCUT2D eigenvalue weighted by Crippen LogP contribution is -2.31. The average molecular weight is 345 g/mol. The van der Waals surface area contributed by atoms with E-state index in [1.807, 2.05) is 54.6 Å². The summed E-state index contributed by atoms with van der Waals surface area (Å²) in [7, 11) is -1.11. The van der Waals surface area contributed by atoms with E-state index in [1.165, 1.54) is 11.3 Å². The number of anilines is 1. The first-order valence-electron chi connectivity index (χ1n) is 7.06. The van der Waals surface area contributed by atoms with E-state index in [9.17, 15) is 9.00 Å². The number of benzene rings is 2. The molecule has 0 aliphatic carbocycles. The van der Waals surface area contributed by atoms with E-state index in [1.54, 1.807) is 0 Å². The molecule has 1 heterocycles. The lowest BCUT2D eigenvalue weighted by Gasteiger charge is -2.05. The van der Waals surface area contributed by atoms with Crippen LogP contribution in [0, 0.1) is 0 Å². The maximum Gasteiger partial charge on any atom is 0.321 e. The number of fused-ring (bicyclic) bond motifs is 1. The van der Waals surface area contributed by atoms with Crippen molar-refractivity contribution in [2.24, 2.45) is 0 Å². The Kier molecular flexibility index (Phi) is 4.99. The van der Waals surface area contributed by atoms with Gasteiger partial charge >= 0.3 is 6.03 Å². The summed E-state index contributed by atoms with van der Waals surface area (Å²) in [4.78, 5) is 16.9. The fourth-order valence-corrected chi connectivity index (χ4v) is 3.86. The van der Waals surface area contributed by atoms with Gasteiger partial charge in [-0.05, 0) is 24.3 Å².